The monoisotopic (exact) mass is 342 g/mol. The molecule has 0 fully saturated rings. The van der Waals surface area contributed by atoms with E-state index in [4.69, 9.17) is 9.68 Å². The zero-order valence-corrected chi connectivity index (χ0v) is 14.0. The van der Waals surface area contributed by atoms with Gasteiger partial charge in [0.1, 0.15) is 11.8 Å². The van der Waals surface area contributed by atoms with Crippen molar-refractivity contribution in [2.45, 2.75) is 13.5 Å². The Bertz CT molecular complexity index is 1080. The number of rotatable bonds is 3. The minimum Gasteiger partial charge on any atom is -0.472 e. The van der Waals surface area contributed by atoms with Crippen molar-refractivity contribution in [2.75, 3.05) is 5.32 Å². The van der Waals surface area contributed by atoms with Crippen molar-refractivity contribution >= 4 is 17.3 Å². The minimum atomic E-state index is -0.265. The SMILES string of the molecule is Cc1cc(C#N)ncc1C(=O)Nc1ccc2c(c1)C(c1ccoc1)=NC2. The molecule has 1 aliphatic heterocycles. The van der Waals surface area contributed by atoms with Gasteiger partial charge >= 0.3 is 0 Å². The zero-order valence-electron chi connectivity index (χ0n) is 14.0. The van der Waals surface area contributed by atoms with E-state index in [-0.39, 0.29) is 11.6 Å². The highest BCUT2D eigenvalue weighted by Crippen LogP contribution is 2.26. The Morgan fingerprint density at radius 3 is 2.92 bits per heavy atom. The van der Waals surface area contributed by atoms with Gasteiger partial charge in [0.2, 0.25) is 0 Å². The first-order valence-corrected chi connectivity index (χ1v) is 8.04. The summed E-state index contributed by atoms with van der Waals surface area (Å²) in [4.78, 5) is 21.1. The van der Waals surface area contributed by atoms with Crippen molar-refractivity contribution in [3.63, 3.8) is 0 Å². The Labute approximate surface area is 149 Å². The third-order valence-corrected chi connectivity index (χ3v) is 4.29. The topological polar surface area (TPSA) is 91.3 Å². The number of nitrogens with zero attached hydrogens (tertiary/aromatic N) is 3. The second-order valence-corrected chi connectivity index (χ2v) is 6.00. The summed E-state index contributed by atoms with van der Waals surface area (Å²) in [6, 6.07) is 11.2. The van der Waals surface area contributed by atoms with Crippen LogP contribution in [0.5, 0.6) is 0 Å². The van der Waals surface area contributed by atoms with Crippen LogP contribution in [0.15, 0.2) is 58.5 Å². The summed E-state index contributed by atoms with van der Waals surface area (Å²) in [5.41, 5.74) is 5.98. The average Bonchev–Trinajstić information content (AvgIpc) is 3.30. The van der Waals surface area contributed by atoms with Gasteiger partial charge in [0.15, 0.2) is 0 Å². The number of anilines is 1. The van der Waals surface area contributed by atoms with Gasteiger partial charge in [-0.2, -0.15) is 5.26 Å². The van der Waals surface area contributed by atoms with Crippen LogP contribution in [0.4, 0.5) is 5.69 Å². The Kier molecular flexibility index (Phi) is 3.82. The number of aromatic nitrogens is 1. The maximum absolute atomic E-state index is 12.6. The molecule has 1 amide bonds. The summed E-state index contributed by atoms with van der Waals surface area (Å²) < 4.78 is 5.15. The first-order valence-electron chi connectivity index (χ1n) is 8.04. The molecule has 1 N–H and O–H groups in total. The van der Waals surface area contributed by atoms with Crippen molar-refractivity contribution in [2.24, 2.45) is 4.99 Å². The van der Waals surface area contributed by atoms with E-state index in [0.29, 0.717) is 23.4 Å². The predicted octanol–water partition coefficient (Wildman–Crippen LogP) is 3.46. The highest BCUT2D eigenvalue weighted by molar-refractivity contribution is 6.15. The van der Waals surface area contributed by atoms with Gasteiger partial charge in [0.05, 0.1) is 30.3 Å². The van der Waals surface area contributed by atoms with Gasteiger partial charge in [0, 0.05) is 23.0 Å². The molecular weight excluding hydrogens is 328 g/mol. The fourth-order valence-corrected chi connectivity index (χ4v) is 2.96. The van der Waals surface area contributed by atoms with E-state index < -0.39 is 0 Å². The fraction of sp³-hybridized carbons (Fsp3) is 0.100. The number of aryl methyl sites for hydroxylation is 1. The maximum atomic E-state index is 12.6. The highest BCUT2D eigenvalue weighted by Gasteiger charge is 2.19. The number of furan rings is 1. The largest absolute Gasteiger partial charge is 0.472 e. The highest BCUT2D eigenvalue weighted by atomic mass is 16.3. The molecule has 0 atom stereocenters. The lowest BCUT2D eigenvalue weighted by Gasteiger charge is -2.10. The summed E-state index contributed by atoms with van der Waals surface area (Å²) in [7, 11) is 0. The quantitative estimate of drug-likeness (QED) is 0.789. The molecule has 2 aromatic heterocycles. The van der Waals surface area contributed by atoms with Gasteiger partial charge in [-0.3, -0.25) is 9.79 Å². The summed E-state index contributed by atoms with van der Waals surface area (Å²) in [5, 5.41) is 11.8. The van der Waals surface area contributed by atoms with Gasteiger partial charge in [-0.25, -0.2) is 4.98 Å². The molecular formula is C20H14N4O2. The zero-order chi connectivity index (χ0) is 18.1. The van der Waals surface area contributed by atoms with Crippen LogP contribution in [-0.2, 0) is 6.54 Å². The predicted molar refractivity (Wildman–Crippen MR) is 96.1 cm³/mol. The van der Waals surface area contributed by atoms with Crippen LogP contribution in [0.25, 0.3) is 0 Å². The molecule has 0 saturated heterocycles. The number of fused-ring (bicyclic) bond motifs is 1. The number of pyridine rings is 1. The van der Waals surface area contributed by atoms with Gasteiger partial charge < -0.3 is 9.73 Å². The van der Waals surface area contributed by atoms with Crippen molar-refractivity contribution < 1.29 is 9.21 Å². The Morgan fingerprint density at radius 2 is 2.19 bits per heavy atom. The molecule has 6 heteroatoms. The van der Waals surface area contributed by atoms with E-state index in [0.717, 1.165) is 22.4 Å². The number of amides is 1. The molecule has 1 aliphatic rings. The van der Waals surface area contributed by atoms with Crippen molar-refractivity contribution in [1.82, 2.24) is 4.98 Å². The molecule has 6 nitrogen and oxygen atoms in total. The molecule has 26 heavy (non-hydrogen) atoms. The van der Waals surface area contributed by atoms with Crippen LogP contribution in [0.3, 0.4) is 0 Å². The lowest BCUT2D eigenvalue weighted by atomic mass is 10.0. The van der Waals surface area contributed by atoms with Crippen molar-refractivity contribution in [3.8, 4) is 6.07 Å². The third kappa shape index (κ3) is 2.76. The number of aliphatic imine (C=N–C) groups is 1. The fourth-order valence-electron chi connectivity index (χ4n) is 2.96. The first kappa shape index (κ1) is 15.8. The second-order valence-electron chi connectivity index (χ2n) is 6.00. The molecule has 4 rings (SSSR count). The van der Waals surface area contributed by atoms with E-state index in [1.165, 1.54) is 6.20 Å². The molecule has 0 bridgehead atoms. The number of hydrogen-bond acceptors (Lipinski definition) is 5. The van der Waals surface area contributed by atoms with Crippen LogP contribution in [0.1, 0.15) is 38.3 Å². The molecule has 126 valence electrons. The molecule has 1 aromatic carbocycles. The van der Waals surface area contributed by atoms with Crippen molar-refractivity contribution in [1.29, 1.82) is 5.26 Å². The molecule has 0 aliphatic carbocycles. The van der Waals surface area contributed by atoms with Crippen LogP contribution in [0.2, 0.25) is 0 Å². The van der Waals surface area contributed by atoms with Crippen molar-refractivity contribution in [3.05, 3.63) is 82.6 Å². The smallest absolute Gasteiger partial charge is 0.257 e. The average molecular weight is 342 g/mol. The lowest BCUT2D eigenvalue weighted by Crippen LogP contribution is -2.14. The van der Waals surface area contributed by atoms with Crippen LogP contribution < -0.4 is 5.32 Å². The number of carbonyl (C=O) groups is 1. The summed E-state index contributed by atoms with van der Waals surface area (Å²) in [6.07, 6.45) is 4.70. The van der Waals surface area contributed by atoms with E-state index in [2.05, 4.69) is 15.3 Å². The number of benzene rings is 1. The summed E-state index contributed by atoms with van der Waals surface area (Å²) in [5.74, 6) is -0.265. The Hall–Kier alpha value is -3.72. The van der Waals surface area contributed by atoms with E-state index in [1.807, 2.05) is 30.3 Å². The normalized spacial score (nSPS) is 12.2. The van der Waals surface area contributed by atoms with Gasteiger partial charge in [0.25, 0.3) is 5.91 Å². The summed E-state index contributed by atoms with van der Waals surface area (Å²) >= 11 is 0. The first-order chi connectivity index (χ1) is 12.7. The lowest BCUT2D eigenvalue weighted by molar-refractivity contribution is 0.102. The van der Waals surface area contributed by atoms with Gasteiger partial charge in [-0.05, 0) is 42.3 Å². The maximum Gasteiger partial charge on any atom is 0.257 e. The number of hydrogen-bond donors (Lipinski definition) is 1. The third-order valence-electron chi connectivity index (χ3n) is 4.29. The molecule has 0 radical (unpaired) electrons. The Balaban J connectivity index is 1.61. The standard InChI is InChI=1S/C20H14N4O2/c1-12-6-16(8-21)22-10-18(12)20(25)24-15-3-2-13-9-23-19(17(13)7-15)14-4-5-26-11-14/h2-7,10-11H,9H2,1H3,(H,24,25). The Morgan fingerprint density at radius 1 is 1.31 bits per heavy atom. The molecule has 3 heterocycles. The molecule has 0 unspecified atom stereocenters. The van der Waals surface area contributed by atoms with E-state index in [1.54, 1.807) is 25.5 Å². The van der Waals surface area contributed by atoms with Crippen LogP contribution >= 0.6 is 0 Å². The van der Waals surface area contributed by atoms with E-state index >= 15 is 0 Å². The van der Waals surface area contributed by atoms with Crippen LogP contribution in [0, 0.1) is 18.3 Å². The number of nitriles is 1. The van der Waals surface area contributed by atoms with Crippen LogP contribution in [-0.4, -0.2) is 16.6 Å². The summed E-state index contributed by atoms with van der Waals surface area (Å²) in [6.45, 7) is 2.40. The second kappa shape index (κ2) is 6.30. The minimum absolute atomic E-state index is 0.265. The van der Waals surface area contributed by atoms with Gasteiger partial charge in [-0.15, -0.1) is 0 Å². The molecule has 0 saturated carbocycles. The number of nitrogens with one attached hydrogen (secondary N) is 1. The molecule has 3 aromatic rings. The van der Waals surface area contributed by atoms with E-state index in [9.17, 15) is 4.79 Å². The molecule has 0 spiro atoms. The number of carbonyl (C=O) groups excluding carboxylic acids is 1. The van der Waals surface area contributed by atoms with Gasteiger partial charge in [-0.1, -0.05) is 6.07 Å².